The van der Waals surface area contributed by atoms with Gasteiger partial charge < -0.3 is 14.8 Å². The number of hydrogen-bond acceptors (Lipinski definition) is 6. The number of carbonyl (C=O) groups is 2. The van der Waals surface area contributed by atoms with Crippen LogP contribution in [0, 0.1) is 11.3 Å². The van der Waals surface area contributed by atoms with Crippen LogP contribution in [0.5, 0.6) is 0 Å². The maximum absolute atomic E-state index is 13.8. The maximum Gasteiger partial charge on any atom is 0.336 e. The summed E-state index contributed by atoms with van der Waals surface area (Å²) in [5.41, 5.74) is 7.07. The van der Waals surface area contributed by atoms with Crippen molar-refractivity contribution in [2.45, 2.75) is 38.5 Å². The van der Waals surface area contributed by atoms with Crippen LogP contribution in [0.2, 0.25) is 5.02 Å². The van der Waals surface area contributed by atoms with Gasteiger partial charge in [-0.2, -0.15) is 5.26 Å². The zero-order valence-electron chi connectivity index (χ0n) is 23.5. The molecule has 6 nitrogen and oxygen atoms in total. The molecule has 1 atom stereocenters. The Hall–Kier alpha value is -4.60. The number of nitrogens with zero attached hydrogens (tertiary/aromatic N) is 1. The van der Waals surface area contributed by atoms with Crippen LogP contribution in [0.4, 0.5) is 0 Å². The largest absolute Gasteiger partial charge is 0.462 e. The van der Waals surface area contributed by atoms with E-state index in [0.29, 0.717) is 34.0 Å². The van der Waals surface area contributed by atoms with Crippen molar-refractivity contribution in [1.29, 1.82) is 5.26 Å². The van der Waals surface area contributed by atoms with E-state index in [1.165, 1.54) is 11.1 Å². The number of nitrogens with one attached hydrogen (secondary N) is 1. The van der Waals surface area contributed by atoms with E-state index in [0.717, 1.165) is 11.1 Å². The SMILES string of the molecule is CC1=C(C(=O)OCCC#N)C(c2cccc(Cl)c2)C(C(=O)OCCC2c3ccccc3C=Cc3ccccc32)=C(C)N1. The zero-order valence-corrected chi connectivity index (χ0v) is 24.3. The Kier molecular flexibility index (Phi) is 8.90. The van der Waals surface area contributed by atoms with E-state index in [9.17, 15) is 9.59 Å². The summed E-state index contributed by atoms with van der Waals surface area (Å²) < 4.78 is 11.4. The summed E-state index contributed by atoms with van der Waals surface area (Å²) >= 11 is 6.34. The van der Waals surface area contributed by atoms with Gasteiger partial charge >= 0.3 is 11.9 Å². The van der Waals surface area contributed by atoms with E-state index in [1.807, 2.05) is 36.4 Å². The Morgan fingerprint density at radius 1 is 0.833 bits per heavy atom. The predicted molar refractivity (Wildman–Crippen MR) is 163 cm³/mol. The van der Waals surface area contributed by atoms with Crippen LogP contribution < -0.4 is 5.32 Å². The van der Waals surface area contributed by atoms with E-state index in [1.54, 1.807) is 32.0 Å². The number of fused-ring (bicyclic) bond motifs is 2. The fraction of sp³-hybridized carbons (Fsp3) is 0.229. The zero-order chi connectivity index (χ0) is 29.6. The van der Waals surface area contributed by atoms with E-state index < -0.39 is 17.9 Å². The first-order valence-electron chi connectivity index (χ1n) is 13.9. The van der Waals surface area contributed by atoms with Gasteiger partial charge in [-0.25, -0.2) is 9.59 Å². The second-order valence-electron chi connectivity index (χ2n) is 10.3. The maximum atomic E-state index is 13.8. The van der Waals surface area contributed by atoms with Crippen molar-refractivity contribution in [3.8, 4) is 6.07 Å². The van der Waals surface area contributed by atoms with Gasteiger partial charge in [0.2, 0.25) is 0 Å². The molecule has 0 spiro atoms. The molecule has 1 aliphatic carbocycles. The number of nitriles is 1. The van der Waals surface area contributed by atoms with E-state index in [2.05, 4.69) is 41.7 Å². The lowest BCUT2D eigenvalue weighted by molar-refractivity contribution is -0.140. The Labute approximate surface area is 250 Å². The monoisotopic (exact) mass is 578 g/mol. The van der Waals surface area contributed by atoms with Crippen LogP contribution in [0.3, 0.4) is 0 Å². The lowest BCUT2D eigenvalue weighted by Crippen LogP contribution is -2.32. The molecular formula is C35H31ClN2O4. The molecule has 1 heterocycles. The van der Waals surface area contributed by atoms with Crippen molar-refractivity contribution in [3.05, 3.63) is 128 Å². The second-order valence-corrected chi connectivity index (χ2v) is 10.7. The highest BCUT2D eigenvalue weighted by molar-refractivity contribution is 6.30. The molecule has 0 saturated heterocycles. The molecule has 0 bridgehead atoms. The number of allylic oxidation sites excluding steroid dienone is 2. The number of dihydropyridines is 1. The molecule has 0 fully saturated rings. The lowest BCUT2D eigenvalue weighted by atomic mass is 9.80. The van der Waals surface area contributed by atoms with Gasteiger partial charge in [-0.05, 0) is 60.2 Å². The molecule has 0 aromatic heterocycles. The van der Waals surface area contributed by atoms with Crippen molar-refractivity contribution in [3.63, 3.8) is 0 Å². The molecule has 42 heavy (non-hydrogen) atoms. The fourth-order valence-corrected chi connectivity index (χ4v) is 5.99. The number of halogens is 1. The standard InChI is InChI=1S/C35H31ClN2O4/c1-22-31(34(39)41-19-8-18-37)33(26-11-7-12-27(36)21-26)32(23(2)38-22)35(40)42-20-17-30-28-13-5-3-9-24(28)15-16-25-10-4-6-14-29(25)30/h3-7,9-16,21,30,33,38H,8,17,19-20H2,1-2H3. The first kappa shape index (κ1) is 28.9. The third-order valence-electron chi connectivity index (χ3n) is 7.65. The van der Waals surface area contributed by atoms with E-state index in [4.69, 9.17) is 26.3 Å². The van der Waals surface area contributed by atoms with Gasteiger partial charge in [0.15, 0.2) is 0 Å². The molecule has 3 aromatic carbocycles. The predicted octanol–water partition coefficient (Wildman–Crippen LogP) is 7.28. The number of hydrogen-bond donors (Lipinski definition) is 1. The van der Waals surface area contributed by atoms with Crippen molar-refractivity contribution in [1.82, 2.24) is 5.32 Å². The van der Waals surface area contributed by atoms with Crippen molar-refractivity contribution in [2.24, 2.45) is 0 Å². The third-order valence-corrected chi connectivity index (χ3v) is 7.89. The molecule has 1 N–H and O–H groups in total. The number of carbonyl (C=O) groups excluding carboxylic acids is 2. The molecular weight excluding hydrogens is 548 g/mol. The van der Waals surface area contributed by atoms with Crippen molar-refractivity contribution in [2.75, 3.05) is 13.2 Å². The average molecular weight is 579 g/mol. The third kappa shape index (κ3) is 6.02. The molecule has 0 saturated carbocycles. The Bertz CT molecular complexity index is 1610. The highest BCUT2D eigenvalue weighted by Gasteiger charge is 2.38. The minimum atomic E-state index is -0.754. The molecule has 3 aromatic rings. The summed E-state index contributed by atoms with van der Waals surface area (Å²) in [5.74, 6) is -1.84. The van der Waals surface area contributed by atoms with Gasteiger partial charge in [0.25, 0.3) is 0 Å². The molecule has 0 amide bonds. The van der Waals surface area contributed by atoms with Gasteiger partial charge in [-0.1, -0.05) is 84.4 Å². The summed E-state index contributed by atoms with van der Waals surface area (Å²) in [4.78, 5) is 27.1. The molecule has 1 aliphatic heterocycles. The average Bonchev–Trinajstić information content (AvgIpc) is 3.14. The summed E-state index contributed by atoms with van der Waals surface area (Å²) in [6, 6.07) is 25.6. The number of ether oxygens (including phenoxy) is 2. The number of benzene rings is 3. The van der Waals surface area contributed by atoms with Crippen LogP contribution in [0.15, 0.2) is 95.3 Å². The van der Waals surface area contributed by atoms with Crippen LogP contribution >= 0.6 is 11.6 Å². The Morgan fingerprint density at radius 3 is 1.98 bits per heavy atom. The smallest absolute Gasteiger partial charge is 0.336 e. The summed E-state index contributed by atoms with van der Waals surface area (Å²) in [7, 11) is 0. The highest BCUT2D eigenvalue weighted by atomic mass is 35.5. The Balaban J connectivity index is 1.42. The Morgan fingerprint density at radius 2 is 1.40 bits per heavy atom. The van der Waals surface area contributed by atoms with E-state index in [-0.39, 0.29) is 31.1 Å². The van der Waals surface area contributed by atoms with Gasteiger partial charge in [-0.15, -0.1) is 0 Å². The van der Waals surface area contributed by atoms with E-state index >= 15 is 0 Å². The number of rotatable bonds is 8. The lowest BCUT2D eigenvalue weighted by Gasteiger charge is -2.30. The van der Waals surface area contributed by atoms with Crippen LogP contribution in [0.25, 0.3) is 12.2 Å². The molecule has 7 heteroatoms. The minimum absolute atomic E-state index is 0.0382. The van der Waals surface area contributed by atoms with Gasteiger partial charge in [0.05, 0.1) is 36.2 Å². The summed E-state index contributed by atoms with van der Waals surface area (Å²) in [6.45, 7) is 3.68. The first-order chi connectivity index (χ1) is 20.4. The van der Waals surface area contributed by atoms with Crippen molar-refractivity contribution >= 4 is 35.7 Å². The fourth-order valence-electron chi connectivity index (χ4n) is 5.79. The molecule has 212 valence electrons. The number of esters is 2. The van der Waals surface area contributed by atoms with Gasteiger partial charge in [0, 0.05) is 22.3 Å². The van der Waals surface area contributed by atoms with Crippen LogP contribution in [-0.4, -0.2) is 25.2 Å². The second kappa shape index (κ2) is 12.9. The molecule has 0 radical (unpaired) electrons. The van der Waals surface area contributed by atoms with Crippen molar-refractivity contribution < 1.29 is 19.1 Å². The summed E-state index contributed by atoms with van der Waals surface area (Å²) in [6.07, 6.45) is 4.91. The highest BCUT2D eigenvalue weighted by Crippen LogP contribution is 2.41. The van der Waals surface area contributed by atoms with Crippen LogP contribution in [-0.2, 0) is 19.1 Å². The van der Waals surface area contributed by atoms with Gasteiger partial charge in [-0.3, -0.25) is 0 Å². The quantitative estimate of drug-likeness (QED) is 0.223. The van der Waals surface area contributed by atoms with Crippen LogP contribution in [0.1, 0.15) is 66.3 Å². The topological polar surface area (TPSA) is 88.4 Å². The van der Waals surface area contributed by atoms with Gasteiger partial charge in [0.1, 0.15) is 6.61 Å². The molecule has 5 rings (SSSR count). The minimum Gasteiger partial charge on any atom is -0.462 e. The molecule has 1 unspecified atom stereocenters. The normalized spacial score (nSPS) is 16.1. The summed E-state index contributed by atoms with van der Waals surface area (Å²) in [5, 5.41) is 12.5. The first-order valence-corrected chi connectivity index (χ1v) is 14.3. The molecule has 2 aliphatic rings.